The third kappa shape index (κ3) is 3.90. The number of carbonyl (C=O) groups excluding carboxylic acids is 2. The summed E-state index contributed by atoms with van der Waals surface area (Å²) in [5.74, 6) is -0.266. The molecule has 0 radical (unpaired) electrons. The largest absolute Gasteiger partial charge is 0.320 e. The van der Waals surface area contributed by atoms with Crippen LogP contribution in [0.25, 0.3) is 0 Å². The van der Waals surface area contributed by atoms with Crippen molar-refractivity contribution in [3.8, 4) is 0 Å². The topological polar surface area (TPSA) is 71.1 Å². The van der Waals surface area contributed by atoms with Gasteiger partial charge in [0.25, 0.3) is 5.91 Å². The molecule has 2 heterocycles. The van der Waals surface area contributed by atoms with Crippen molar-refractivity contribution in [1.82, 2.24) is 4.98 Å². The van der Waals surface area contributed by atoms with Gasteiger partial charge >= 0.3 is 0 Å². The van der Waals surface area contributed by atoms with Gasteiger partial charge in [-0.25, -0.2) is 0 Å². The zero-order valence-electron chi connectivity index (χ0n) is 14.8. The molecular formula is C19H23N3O2S. The molecule has 5 nitrogen and oxygen atoms in total. The van der Waals surface area contributed by atoms with Crippen molar-refractivity contribution < 1.29 is 9.59 Å². The van der Waals surface area contributed by atoms with Crippen molar-refractivity contribution in [2.24, 2.45) is 5.41 Å². The Labute approximate surface area is 151 Å². The molecular weight excluding hydrogens is 334 g/mol. The van der Waals surface area contributed by atoms with Gasteiger partial charge < -0.3 is 10.6 Å². The molecule has 0 fully saturated rings. The second kappa shape index (κ2) is 6.96. The molecule has 0 aliphatic heterocycles. The van der Waals surface area contributed by atoms with E-state index in [1.807, 2.05) is 20.8 Å². The Hall–Kier alpha value is -2.21. The third-order valence-corrected chi connectivity index (χ3v) is 5.43. The van der Waals surface area contributed by atoms with Crippen LogP contribution in [0.4, 0.5) is 10.7 Å². The van der Waals surface area contributed by atoms with Gasteiger partial charge in [0.05, 0.1) is 17.4 Å². The van der Waals surface area contributed by atoms with Gasteiger partial charge in [0.15, 0.2) is 0 Å². The molecule has 2 aromatic heterocycles. The molecule has 0 saturated carbocycles. The number of pyridine rings is 1. The van der Waals surface area contributed by atoms with Crippen LogP contribution in [0.5, 0.6) is 0 Å². The average Bonchev–Trinajstić information content (AvgIpc) is 2.92. The summed E-state index contributed by atoms with van der Waals surface area (Å²) < 4.78 is 0. The van der Waals surface area contributed by atoms with E-state index < -0.39 is 5.41 Å². The summed E-state index contributed by atoms with van der Waals surface area (Å²) in [5, 5.41) is 6.54. The minimum atomic E-state index is -0.512. The summed E-state index contributed by atoms with van der Waals surface area (Å²) in [7, 11) is 0. The van der Waals surface area contributed by atoms with Gasteiger partial charge in [-0.2, -0.15) is 0 Å². The van der Waals surface area contributed by atoms with Gasteiger partial charge in [-0.3, -0.25) is 14.6 Å². The number of carbonyl (C=O) groups is 2. The van der Waals surface area contributed by atoms with E-state index in [-0.39, 0.29) is 11.8 Å². The smallest absolute Gasteiger partial charge is 0.259 e. The van der Waals surface area contributed by atoms with Crippen molar-refractivity contribution in [1.29, 1.82) is 0 Å². The lowest BCUT2D eigenvalue weighted by molar-refractivity contribution is -0.123. The number of thiophene rings is 1. The lowest BCUT2D eigenvalue weighted by Crippen LogP contribution is -2.28. The van der Waals surface area contributed by atoms with E-state index in [4.69, 9.17) is 0 Å². The molecule has 0 saturated heterocycles. The van der Waals surface area contributed by atoms with Crippen LogP contribution in [0.3, 0.4) is 0 Å². The molecule has 0 spiro atoms. The molecule has 132 valence electrons. The summed E-state index contributed by atoms with van der Waals surface area (Å²) in [4.78, 5) is 30.6. The Bertz CT molecular complexity index is 791. The average molecular weight is 357 g/mol. The van der Waals surface area contributed by atoms with Gasteiger partial charge in [0.1, 0.15) is 5.00 Å². The van der Waals surface area contributed by atoms with Crippen LogP contribution < -0.4 is 10.6 Å². The molecule has 0 bridgehead atoms. The van der Waals surface area contributed by atoms with E-state index in [0.29, 0.717) is 16.3 Å². The number of nitrogens with zero attached hydrogens (tertiary/aromatic N) is 1. The number of aromatic nitrogens is 1. The summed E-state index contributed by atoms with van der Waals surface area (Å²) in [6.45, 7) is 5.60. The van der Waals surface area contributed by atoms with Crippen LogP contribution in [0, 0.1) is 5.41 Å². The summed E-state index contributed by atoms with van der Waals surface area (Å²) in [6.07, 6.45) is 7.33. The van der Waals surface area contributed by atoms with Crippen LogP contribution in [0.2, 0.25) is 0 Å². The lowest BCUT2D eigenvalue weighted by atomic mass is 9.94. The van der Waals surface area contributed by atoms with Crippen molar-refractivity contribution in [3.63, 3.8) is 0 Å². The molecule has 2 N–H and O–H groups in total. The van der Waals surface area contributed by atoms with E-state index in [9.17, 15) is 9.59 Å². The van der Waals surface area contributed by atoms with Crippen LogP contribution in [0.15, 0.2) is 24.5 Å². The van der Waals surface area contributed by atoms with Crippen molar-refractivity contribution in [3.05, 3.63) is 40.5 Å². The third-order valence-electron chi connectivity index (χ3n) is 4.23. The predicted octanol–water partition coefficient (Wildman–Crippen LogP) is 4.26. The van der Waals surface area contributed by atoms with Gasteiger partial charge in [0.2, 0.25) is 5.91 Å². The maximum absolute atomic E-state index is 12.9. The molecule has 3 rings (SSSR count). The molecule has 25 heavy (non-hydrogen) atoms. The maximum atomic E-state index is 12.9. The Morgan fingerprint density at radius 3 is 2.60 bits per heavy atom. The highest BCUT2D eigenvalue weighted by Crippen LogP contribution is 2.39. The Balaban J connectivity index is 1.94. The zero-order valence-corrected chi connectivity index (χ0v) is 15.6. The van der Waals surface area contributed by atoms with E-state index >= 15 is 0 Å². The molecule has 0 aromatic carbocycles. The number of amides is 2. The standard InChI is InChI=1S/C19H23N3O2S/c1-19(2,3)18(24)22-17-15(13-8-4-5-9-14(13)25-17)16(23)21-12-7-6-10-20-11-12/h6-7,10-11H,4-5,8-9H2,1-3H3,(H,21,23)(H,22,24). The van der Waals surface area contributed by atoms with E-state index in [1.54, 1.807) is 24.5 Å². The Morgan fingerprint density at radius 2 is 1.92 bits per heavy atom. The summed E-state index contributed by atoms with van der Waals surface area (Å²) in [5.41, 5.74) is 1.83. The number of anilines is 2. The number of aryl methyl sites for hydroxylation is 1. The fraction of sp³-hybridized carbons (Fsp3) is 0.421. The first-order chi connectivity index (χ1) is 11.9. The molecule has 2 amide bonds. The minimum Gasteiger partial charge on any atom is -0.320 e. The highest BCUT2D eigenvalue weighted by molar-refractivity contribution is 7.17. The maximum Gasteiger partial charge on any atom is 0.259 e. The first kappa shape index (κ1) is 17.6. The van der Waals surface area contributed by atoms with E-state index in [0.717, 1.165) is 31.2 Å². The Morgan fingerprint density at radius 1 is 1.16 bits per heavy atom. The summed E-state index contributed by atoms with van der Waals surface area (Å²) >= 11 is 1.54. The van der Waals surface area contributed by atoms with Crippen LogP contribution >= 0.6 is 11.3 Å². The van der Waals surface area contributed by atoms with Gasteiger partial charge in [-0.15, -0.1) is 11.3 Å². The van der Waals surface area contributed by atoms with Crippen LogP contribution in [-0.4, -0.2) is 16.8 Å². The molecule has 0 atom stereocenters. The number of hydrogen-bond acceptors (Lipinski definition) is 4. The van der Waals surface area contributed by atoms with Crippen LogP contribution in [-0.2, 0) is 17.6 Å². The fourth-order valence-electron chi connectivity index (χ4n) is 2.82. The highest BCUT2D eigenvalue weighted by Gasteiger charge is 2.29. The zero-order chi connectivity index (χ0) is 18.0. The first-order valence-electron chi connectivity index (χ1n) is 8.53. The minimum absolute atomic E-state index is 0.0819. The van der Waals surface area contributed by atoms with E-state index in [1.165, 1.54) is 16.2 Å². The second-order valence-electron chi connectivity index (χ2n) is 7.31. The number of hydrogen-bond donors (Lipinski definition) is 2. The molecule has 0 unspecified atom stereocenters. The summed E-state index contributed by atoms with van der Waals surface area (Å²) in [6, 6.07) is 3.58. The van der Waals surface area contributed by atoms with Crippen molar-refractivity contribution >= 4 is 33.8 Å². The highest BCUT2D eigenvalue weighted by atomic mass is 32.1. The predicted molar refractivity (Wildman–Crippen MR) is 101 cm³/mol. The lowest BCUT2D eigenvalue weighted by Gasteiger charge is -2.18. The fourth-order valence-corrected chi connectivity index (χ4v) is 4.10. The second-order valence-corrected chi connectivity index (χ2v) is 8.42. The SMILES string of the molecule is CC(C)(C)C(=O)Nc1sc2c(c1C(=O)Nc1cccnc1)CCCC2. The molecule has 2 aromatic rings. The molecule has 6 heteroatoms. The number of fused-ring (bicyclic) bond motifs is 1. The van der Waals surface area contributed by atoms with Gasteiger partial charge in [-0.1, -0.05) is 20.8 Å². The first-order valence-corrected chi connectivity index (χ1v) is 9.35. The van der Waals surface area contributed by atoms with Gasteiger partial charge in [-0.05, 0) is 43.4 Å². The normalized spacial score (nSPS) is 13.9. The number of nitrogens with one attached hydrogen (secondary N) is 2. The van der Waals surface area contributed by atoms with Crippen molar-refractivity contribution in [2.75, 3.05) is 10.6 Å². The quantitative estimate of drug-likeness (QED) is 0.862. The van der Waals surface area contributed by atoms with Gasteiger partial charge in [0, 0.05) is 16.5 Å². The molecule has 1 aliphatic rings. The van der Waals surface area contributed by atoms with Crippen molar-refractivity contribution in [2.45, 2.75) is 46.5 Å². The Kier molecular flexibility index (Phi) is 4.90. The molecule has 1 aliphatic carbocycles. The monoisotopic (exact) mass is 357 g/mol. The van der Waals surface area contributed by atoms with Crippen LogP contribution in [0.1, 0.15) is 54.4 Å². The number of rotatable bonds is 3. The van der Waals surface area contributed by atoms with E-state index in [2.05, 4.69) is 15.6 Å².